The van der Waals surface area contributed by atoms with E-state index in [-0.39, 0.29) is 31.3 Å². The van der Waals surface area contributed by atoms with Crippen LogP contribution < -0.4 is 4.90 Å². The molecule has 1 unspecified atom stereocenters. The molecule has 0 spiro atoms. The van der Waals surface area contributed by atoms with Gasteiger partial charge in [-0.05, 0) is 45.3 Å². The highest BCUT2D eigenvalue weighted by molar-refractivity contribution is 7.99. The number of nitrogens with zero attached hydrogens (tertiary/aromatic N) is 2. The third kappa shape index (κ3) is 4.51. The lowest BCUT2D eigenvalue weighted by molar-refractivity contribution is -0.0372. The van der Waals surface area contributed by atoms with Gasteiger partial charge in [0.05, 0.1) is 18.0 Å². The average molecular weight is 395 g/mol. The highest BCUT2D eigenvalue weighted by atomic mass is 35.5. The largest absolute Gasteiger partial charge is 0.446 e. The Morgan fingerprint density at radius 3 is 2.12 bits per heavy atom. The van der Waals surface area contributed by atoms with Crippen LogP contribution in [0.4, 0.5) is 16.2 Å². The predicted molar refractivity (Wildman–Crippen MR) is 107 cm³/mol. The highest BCUT2D eigenvalue weighted by Gasteiger charge is 2.28. The molecule has 0 N–H and O–H groups in total. The van der Waals surface area contributed by atoms with E-state index in [1.165, 1.54) is 0 Å². The van der Waals surface area contributed by atoms with Crippen molar-refractivity contribution in [2.45, 2.75) is 22.9 Å². The zero-order valence-electron chi connectivity index (χ0n) is 15.0. The monoisotopic (exact) mass is 394 g/mol. The van der Waals surface area contributed by atoms with Gasteiger partial charge >= 0.3 is 6.09 Å². The normalized spacial score (nSPS) is 13.5. The Morgan fingerprint density at radius 1 is 1.04 bits per heavy atom. The third-order valence-corrected chi connectivity index (χ3v) is 5.14. The molecular formula is C19H23ClN2O3S. The zero-order valence-corrected chi connectivity index (χ0v) is 16.7. The summed E-state index contributed by atoms with van der Waals surface area (Å²) in [5, 5.41) is 0. The number of benzene rings is 2. The number of halogens is 1. The Bertz CT molecular complexity index is 712. The number of carbonyl (C=O) groups is 1. The summed E-state index contributed by atoms with van der Waals surface area (Å²) in [5.74, 6) is 0. The molecule has 0 radical (unpaired) electrons. The van der Waals surface area contributed by atoms with E-state index in [4.69, 9.17) is 9.47 Å². The van der Waals surface area contributed by atoms with Crippen molar-refractivity contribution in [3.8, 4) is 0 Å². The van der Waals surface area contributed by atoms with Crippen LogP contribution in [0.2, 0.25) is 0 Å². The maximum Gasteiger partial charge on any atom is 0.419 e. The van der Waals surface area contributed by atoms with Crippen LogP contribution in [0.1, 0.15) is 6.92 Å². The van der Waals surface area contributed by atoms with Crippen molar-refractivity contribution in [2.24, 2.45) is 0 Å². The molecule has 5 nitrogen and oxygen atoms in total. The number of para-hydroxylation sites is 2. The summed E-state index contributed by atoms with van der Waals surface area (Å²) in [5.41, 5.74) is 1.69. The van der Waals surface area contributed by atoms with Crippen molar-refractivity contribution in [3.05, 3.63) is 48.5 Å². The van der Waals surface area contributed by atoms with E-state index >= 15 is 0 Å². The summed E-state index contributed by atoms with van der Waals surface area (Å²) in [7, 11) is 3.88. The van der Waals surface area contributed by atoms with Crippen LogP contribution in [-0.2, 0) is 9.47 Å². The molecule has 3 rings (SSSR count). The molecule has 0 aromatic heterocycles. The number of carbonyl (C=O) groups excluding carboxylic acids is 1. The fourth-order valence-corrected chi connectivity index (χ4v) is 3.52. The van der Waals surface area contributed by atoms with E-state index in [1.807, 2.05) is 74.4 Å². The van der Waals surface area contributed by atoms with Gasteiger partial charge in [0, 0.05) is 9.79 Å². The minimum atomic E-state index is -0.388. The second-order valence-corrected chi connectivity index (χ2v) is 7.00. The van der Waals surface area contributed by atoms with E-state index < -0.39 is 0 Å². The molecule has 0 fully saturated rings. The van der Waals surface area contributed by atoms with Gasteiger partial charge in [0.1, 0.15) is 12.8 Å². The van der Waals surface area contributed by atoms with Crippen LogP contribution in [0.15, 0.2) is 58.3 Å². The standard InChI is InChI=1S/C19H22N2O3S.ClH/c1-14(20(2)3)23-12-13-24-19(22)21-15-8-4-6-10-17(15)25-18-11-7-5-9-16(18)21;/h4-11,14H,12-13H2,1-3H3;1H. The van der Waals surface area contributed by atoms with Crippen molar-refractivity contribution in [1.29, 1.82) is 0 Å². The van der Waals surface area contributed by atoms with Gasteiger partial charge in [-0.15, -0.1) is 12.4 Å². The Labute approximate surface area is 164 Å². The number of hydrogen-bond acceptors (Lipinski definition) is 5. The Morgan fingerprint density at radius 2 is 1.58 bits per heavy atom. The van der Waals surface area contributed by atoms with E-state index in [0.29, 0.717) is 6.61 Å². The van der Waals surface area contributed by atoms with Gasteiger partial charge in [0.15, 0.2) is 0 Å². The lowest BCUT2D eigenvalue weighted by Crippen LogP contribution is -2.32. The summed E-state index contributed by atoms with van der Waals surface area (Å²) in [6.45, 7) is 2.53. The van der Waals surface area contributed by atoms with Crippen LogP contribution in [-0.4, -0.2) is 44.5 Å². The zero-order chi connectivity index (χ0) is 17.8. The summed E-state index contributed by atoms with van der Waals surface area (Å²) < 4.78 is 11.1. The van der Waals surface area contributed by atoms with E-state index in [9.17, 15) is 4.79 Å². The van der Waals surface area contributed by atoms with Crippen molar-refractivity contribution in [1.82, 2.24) is 4.90 Å². The smallest absolute Gasteiger partial charge is 0.419 e. The van der Waals surface area contributed by atoms with E-state index in [1.54, 1.807) is 16.7 Å². The molecule has 0 saturated carbocycles. The summed E-state index contributed by atoms with van der Waals surface area (Å²) >= 11 is 1.66. The molecule has 1 aliphatic heterocycles. The fourth-order valence-electron chi connectivity index (χ4n) is 2.46. The van der Waals surface area contributed by atoms with E-state index in [0.717, 1.165) is 21.2 Å². The number of anilines is 2. The molecule has 1 atom stereocenters. The fraction of sp³-hybridized carbons (Fsp3) is 0.316. The van der Waals surface area contributed by atoms with Crippen LogP contribution in [0, 0.1) is 0 Å². The second-order valence-electron chi connectivity index (χ2n) is 5.92. The van der Waals surface area contributed by atoms with Gasteiger partial charge in [-0.3, -0.25) is 4.90 Å². The minimum absolute atomic E-state index is 0. The number of hydrogen-bond donors (Lipinski definition) is 0. The van der Waals surface area contributed by atoms with Gasteiger partial charge < -0.3 is 9.47 Å². The van der Waals surface area contributed by atoms with Crippen molar-refractivity contribution >= 4 is 41.6 Å². The first-order chi connectivity index (χ1) is 12.1. The molecule has 26 heavy (non-hydrogen) atoms. The van der Waals surface area contributed by atoms with Crippen LogP contribution in [0.25, 0.3) is 0 Å². The summed E-state index contributed by atoms with van der Waals surface area (Å²) in [6, 6.07) is 15.7. The highest BCUT2D eigenvalue weighted by Crippen LogP contribution is 2.47. The molecule has 1 aliphatic rings. The van der Waals surface area contributed by atoms with Crippen molar-refractivity contribution in [2.75, 3.05) is 32.2 Å². The van der Waals surface area contributed by atoms with Crippen LogP contribution in [0.5, 0.6) is 0 Å². The van der Waals surface area contributed by atoms with Crippen molar-refractivity contribution in [3.63, 3.8) is 0 Å². The first-order valence-electron chi connectivity index (χ1n) is 8.19. The molecule has 0 aliphatic carbocycles. The first kappa shape index (κ1) is 20.6. The minimum Gasteiger partial charge on any atom is -0.446 e. The maximum absolute atomic E-state index is 12.7. The van der Waals surface area contributed by atoms with Crippen molar-refractivity contribution < 1.29 is 14.3 Å². The molecule has 7 heteroatoms. The molecule has 140 valence electrons. The lowest BCUT2D eigenvalue weighted by Gasteiger charge is -2.30. The van der Waals surface area contributed by atoms with Gasteiger partial charge in [-0.25, -0.2) is 9.69 Å². The predicted octanol–water partition coefficient (Wildman–Crippen LogP) is 4.77. The van der Waals surface area contributed by atoms with Gasteiger partial charge in [0.2, 0.25) is 0 Å². The summed E-state index contributed by atoms with van der Waals surface area (Å²) in [4.78, 5) is 18.4. The maximum atomic E-state index is 12.7. The van der Waals surface area contributed by atoms with Gasteiger partial charge in [0.25, 0.3) is 0 Å². The third-order valence-electron chi connectivity index (χ3n) is 4.01. The summed E-state index contributed by atoms with van der Waals surface area (Å²) in [6.07, 6.45) is -0.409. The number of fused-ring (bicyclic) bond motifs is 2. The van der Waals surface area contributed by atoms with Gasteiger partial charge in [-0.1, -0.05) is 36.0 Å². The Kier molecular flexibility index (Phi) is 7.34. The quantitative estimate of drug-likeness (QED) is 0.539. The average Bonchev–Trinajstić information content (AvgIpc) is 2.62. The molecule has 2 aromatic carbocycles. The second kappa shape index (κ2) is 9.28. The molecule has 0 saturated heterocycles. The van der Waals surface area contributed by atoms with Crippen LogP contribution in [0.3, 0.4) is 0 Å². The van der Waals surface area contributed by atoms with Crippen LogP contribution >= 0.6 is 24.2 Å². The molecule has 2 aromatic rings. The molecular weight excluding hydrogens is 372 g/mol. The Balaban J connectivity index is 0.00000243. The Hall–Kier alpha value is -1.73. The molecule has 1 heterocycles. The molecule has 0 bridgehead atoms. The number of amides is 1. The SMILES string of the molecule is CC(OCCOC(=O)N1c2ccccc2Sc2ccccc21)N(C)C.Cl. The molecule has 1 amide bonds. The topological polar surface area (TPSA) is 42.0 Å². The number of ether oxygens (including phenoxy) is 2. The lowest BCUT2D eigenvalue weighted by atomic mass is 10.2. The van der Waals surface area contributed by atoms with E-state index in [2.05, 4.69) is 0 Å². The van der Waals surface area contributed by atoms with Gasteiger partial charge in [-0.2, -0.15) is 0 Å². The number of rotatable bonds is 5. The first-order valence-corrected chi connectivity index (χ1v) is 9.00.